The SMILES string of the molecule is Nc1cc(F)ccc1S(=O)(=O)CC(=O)N1CCOCC1. The molecular formula is C12H15FN2O4S. The van der Waals surface area contributed by atoms with Crippen LogP contribution >= 0.6 is 0 Å². The van der Waals surface area contributed by atoms with Gasteiger partial charge in [0.2, 0.25) is 5.91 Å². The van der Waals surface area contributed by atoms with Crippen molar-refractivity contribution in [1.82, 2.24) is 4.90 Å². The second kappa shape index (κ2) is 5.76. The summed E-state index contributed by atoms with van der Waals surface area (Å²) in [5.74, 6) is -1.80. The van der Waals surface area contributed by atoms with E-state index in [2.05, 4.69) is 0 Å². The fourth-order valence-corrected chi connectivity index (χ4v) is 3.30. The average Bonchev–Trinajstić information content (AvgIpc) is 2.38. The van der Waals surface area contributed by atoms with E-state index >= 15 is 0 Å². The van der Waals surface area contributed by atoms with Crippen LogP contribution in [0.15, 0.2) is 23.1 Å². The van der Waals surface area contributed by atoms with E-state index in [1.54, 1.807) is 0 Å². The third-order valence-corrected chi connectivity index (χ3v) is 4.65. The van der Waals surface area contributed by atoms with Crippen molar-refractivity contribution in [3.05, 3.63) is 24.0 Å². The number of ether oxygens (including phenoxy) is 1. The topological polar surface area (TPSA) is 89.7 Å². The predicted octanol–water partition coefficient (Wildman–Crippen LogP) is 0.0404. The van der Waals surface area contributed by atoms with Crippen molar-refractivity contribution in [3.8, 4) is 0 Å². The van der Waals surface area contributed by atoms with Crippen LogP contribution in [-0.4, -0.2) is 51.3 Å². The summed E-state index contributed by atoms with van der Waals surface area (Å²) in [6.45, 7) is 1.52. The maximum atomic E-state index is 12.9. The number of rotatable bonds is 3. The first kappa shape index (κ1) is 14.7. The molecule has 0 aliphatic carbocycles. The van der Waals surface area contributed by atoms with Gasteiger partial charge >= 0.3 is 0 Å². The molecule has 1 aromatic rings. The number of morpholine rings is 1. The van der Waals surface area contributed by atoms with E-state index in [0.29, 0.717) is 26.3 Å². The minimum absolute atomic E-state index is 0.195. The largest absolute Gasteiger partial charge is 0.398 e. The number of carbonyl (C=O) groups excluding carboxylic acids is 1. The number of amides is 1. The Labute approximate surface area is 116 Å². The van der Waals surface area contributed by atoms with Crippen LogP contribution < -0.4 is 5.73 Å². The first-order chi connectivity index (χ1) is 9.40. The number of halogens is 1. The van der Waals surface area contributed by atoms with Gasteiger partial charge in [-0.05, 0) is 18.2 Å². The molecule has 2 rings (SSSR count). The molecule has 1 aliphatic heterocycles. The minimum Gasteiger partial charge on any atom is -0.398 e. The number of nitrogens with two attached hydrogens (primary N) is 1. The summed E-state index contributed by atoms with van der Waals surface area (Å²) in [6, 6.07) is 3.00. The molecule has 1 aromatic carbocycles. The lowest BCUT2D eigenvalue weighted by atomic mass is 10.3. The summed E-state index contributed by atoms with van der Waals surface area (Å²) < 4.78 is 42.3. The van der Waals surface area contributed by atoms with Crippen LogP contribution in [0.2, 0.25) is 0 Å². The lowest BCUT2D eigenvalue weighted by molar-refractivity contribution is -0.132. The number of nitrogens with zero attached hydrogens (tertiary/aromatic N) is 1. The maximum Gasteiger partial charge on any atom is 0.238 e. The fourth-order valence-electron chi connectivity index (χ4n) is 1.95. The van der Waals surface area contributed by atoms with E-state index in [1.807, 2.05) is 0 Å². The Balaban J connectivity index is 2.16. The van der Waals surface area contributed by atoms with E-state index in [0.717, 1.165) is 18.2 Å². The number of carbonyl (C=O) groups is 1. The van der Waals surface area contributed by atoms with Gasteiger partial charge in [-0.2, -0.15) is 0 Å². The molecule has 0 saturated carbocycles. The molecule has 1 heterocycles. The minimum atomic E-state index is -3.88. The van der Waals surface area contributed by atoms with Crippen molar-refractivity contribution in [3.63, 3.8) is 0 Å². The quantitative estimate of drug-likeness (QED) is 0.629. The normalized spacial score (nSPS) is 16.1. The smallest absolute Gasteiger partial charge is 0.238 e. The number of sulfone groups is 1. The highest BCUT2D eigenvalue weighted by Gasteiger charge is 2.26. The molecule has 0 atom stereocenters. The molecule has 1 aliphatic rings. The molecule has 6 nitrogen and oxygen atoms in total. The number of nitrogen functional groups attached to an aromatic ring is 1. The second-order valence-corrected chi connectivity index (χ2v) is 6.39. The molecule has 1 amide bonds. The Kier molecular flexibility index (Phi) is 4.24. The summed E-state index contributed by atoms with van der Waals surface area (Å²) in [6.07, 6.45) is 0. The van der Waals surface area contributed by atoms with Gasteiger partial charge < -0.3 is 15.4 Å². The lowest BCUT2D eigenvalue weighted by Gasteiger charge is -2.26. The first-order valence-corrected chi connectivity index (χ1v) is 7.69. The van der Waals surface area contributed by atoms with Crippen molar-refractivity contribution in [2.24, 2.45) is 0 Å². The highest BCUT2D eigenvalue weighted by molar-refractivity contribution is 7.92. The van der Waals surface area contributed by atoms with Crippen LogP contribution in [0.4, 0.5) is 10.1 Å². The third kappa shape index (κ3) is 3.26. The monoisotopic (exact) mass is 302 g/mol. The van der Waals surface area contributed by atoms with Gasteiger partial charge in [0.25, 0.3) is 0 Å². The van der Waals surface area contributed by atoms with Crippen molar-refractivity contribution in [1.29, 1.82) is 0 Å². The summed E-state index contributed by atoms with van der Waals surface area (Å²) in [4.78, 5) is 13.2. The van der Waals surface area contributed by atoms with Crippen LogP contribution in [0.25, 0.3) is 0 Å². The van der Waals surface area contributed by atoms with Gasteiger partial charge in [0.05, 0.1) is 23.8 Å². The van der Waals surface area contributed by atoms with E-state index < -0.39 is 27.3 Å². The second-order valence-electron chi connectivity index (χ2n) is 4.43. The van der Waals surface area contributed by atoms with Crippen molar-refractivity contribution in [2.75, 3.05) is 37.8 Å². The van der Waals surface area contributed by atoms with Gasteiger partial charge in [0, 0.05) is 13.1 Å². The maximum absolute atomic E-state index is 12.9. The van der Waals surface area contributed by atoms with Gasteiger partial charge in [0.1, 0.15) is 11.6 Å². The van der Waals surface area contributed by atoms with E-state index in [1.165, 1.54) is 4.90 Å². The molecule has 8 heteroatoms. The number of hydrogen-bond donors (Lipinski definition) is 1. The van der Waals surface area contributed by atoms with Crippen molar-refractivity contribution < 1.29 is 22.3 Å². The molecule has 0 unspecified atom stereocenters. The molecule has 0 aromatic heterocycles. The number of hydrogen-bond acceptors (Lipinski definition) is 5. The summed E-state index contributed by atoms with van der Waals surface area (Å²) >= 11 is 0. The molecular weight excluding hydrogens is 287 g/mol. The summed E-state index contributed by atoms with van der Waals surface area (Å²) in [7, 11) is -3.88. The average molecular weight is 302 g/mol. The predicted molar refractivity (Wildman–Crippen MR) is 70.3 cm³/mol. The molecule has 0 spiro atoms. The Morgan fingerprint density at radius 3 is 2.60 bits per heavy atom. The third-order valence-electron chi connectivity index (χ3n) is 2.98. The lowest BCUT2D eigenvalue weighted by Crippen LogP contribution is -2.43. The highest BCUT2D eigenvalue weighted by Crippen LogP contribution is 2.21. The number of anilines is 1. The van der Waals surface area contributed by atoms with E-state index in [-0.39, 0.29) is 10.6 Å². The van der Waals surface area contributed by atoms with Crippen LogP contribution in [0.1, 0.15) is 0 Å². The molecule has 20 heavy (non-hydrogen) atoms. The van der Waals surface area contributed by atoms with Crippen molar-refractivity contribution >= 4 is 21.4 Å². The highest BCUT2D eigenvalue weighted by atomic mass is 32.2. The Morgan fingerprint density at radius 2 is 2.00 bits per heavy atom. The van der Waals surface area contributed by atoms with Crippen LogP contribution in [0, 0.1) is 5.82 Å². The van der Waals surface area contributed by atoms with Gasteiger partial charge in [-0.15, -0.1) is 0 Å². The molecule has 0 bridgehead atoms. The molecule has 1 saturated heterocycles. The molecule has 0 radical (unpaired) electrons. The van der Waals surface area contributed by atoms with Gasteiger partial charge in [-0.1, -0.05) is 0 Å². The molecule has 110 valence electrons. The molecule has 1 fully saturated rings. The van der Waals surface area contributed by atoms with Gasteiger partial charge in [-0.3, -0.25) is 4.79 Å². The summed E-state index contributed by atoms with van der Waals surface area (Å²) in [5, 5.41) is 0. The van der Waals surface area contributed by atoms with Gasteiger partial charge in [-0.25, -0.2) is 12.8 Å². The fraction of sp³-hybridized carbons (Fsp3) is 0.417. The van der Waals surface area contributed by atoms with E-state index in [4.69, 9.17) is 10.5 Å². The van der Waals surface area contributed by atoms with Crippen LogP contribution in [0.5, 0.6) is 0 Å². The van der Waals surface area contributed by atoms with E-state index in [9.17, 15) is 17.6 Å². The zero-order chi connectivity index (χ0) is 14.8. The van der Waals surface area contributed by atoms with Crippen LogP contribution in [-0.2, 0) is 19.4 Å². The zero-order valence-corrected chi connectivity index (χ0v) is 11.5. The number of benzene rings is 1. The standard InChI is InChI=1S/C12H15FN2O4S/c13-9-1-2-11(10(14)7-9)20(17,18)8-12(16)15-3-5-19-6-4-15/h1-2,7H,3-6,8,14H2. The first-order valence-electron chi connectivity index (χ1n) is 6.03. The Hall–Kier alpha value is -1.67. The molecule has 2 N–H and O–H groups in total. The Bertz CT molecular complexity index is 612. The van der Waals surface area contributed by atoms with Gasteiger partial charge in [0.15, 0.2) is 9.84 Å². The zero-order valence-electron chi connectivity index (χ0n) is 10.7. The van der Waals surface area contributed by atoms with Crippen molar-refractivity contribution in [2.45, 2.75) is 4.90 Å². The van der Waals surface area contributed by atoms with Crippen LogP contribution in [0.3, 0.4) is 0 Å². The summed E-state index contributed by atoms with van der Waals surface area (Å²) in [5.41, 5.74) is 5.30. The Morgan fingerprint density at radius 1 is 1.35 bits per heavy atom.